The summed E-state index contributed by atoms with van der Waals surface area (Å²) in [6.45, 7) is 2.06. The number of ether oxygens (including phenoxy) is 2. The number of amides is 2. The summed E-state index contributed by atoms with van der Waals surface area (Å²) in [4.78, 5) is 27.0. The first-order chi connectivity index (χ1) is 16.4. The SMILES string of the molecule is COc1ccc(NC(=O)[C@@H]2CC(=O)N(CCc3ccccc3)C2)cc1S(=O)(=O)N1CCOCC1. The van der Waals surface area contributed by atoms with E-state index in [0.29, 0.717) is 32.0 Å². The second kappa shape index (κ2) is 10.5. The van der Waals surface area contributed by atoms with E-state index in [-0.39, 0.29) is 42.0 Å². The summed E-state index contributed by atoms with van der Waals surface area (Å²) in [5.74, 6) is -0.658. The standard InChI is InChI=1S/C24H29N3O6S/c1-32-21-8-7-20(16-22(21)34(30,31)27-11-13-33-14-12-27)25-24(29)19-15-23(28)26(17-19)10-9-18-5-3-2-4-6-18/h2-8,16,19H,9-15,17H2,1H3,(H,25,29)/t19-/m1/s1. The van der Waals surface area contributed by atoms with E-state index in [4.69, 9.17) is 9.47 Å². The third-order valence-corrected chi connectivity index (χ3v) is 8.04. The zero-order chi connectivity index (χ0) is 24.1. The molecule has 0 spiro atoms. The van der Waals surface area contributed by atoms with E-state index in [1.165, 1.54) is 23.5 Å². The smallest absolute Gasteiger partial charge is 0.246 e. The van der Waals surface area contributed by atoms with Crippen LogP contribution in [0.4, 0.5) is 5.69 Å². The Bertz CT molecular complexity index is 1130. The van der Waals surface area contributed by atoms with E-state index in [1.807, 2.05) is 30.3 Å². The number of sulfonamides is 1. The van der Waals surface area contributed by atoms with E-state index < -0.39 is 15.9 Å². The van der Waals surface area contributed by atoms with Crippen LogP contribution in [0, 0.1) is 5.92 Å². The molecule has 0 aromatic heterocycles. The molecule has 2 amide bonds. The molecule has 0 saturated carbocycles. The molecular formula is C24H29N3O6S. The topological polar surface area (TPSA) is 105 Å². The fraction of sp³-hybridized carbons (Fsp3) is 0.417. The highest BCUT2D eigenvalue weighted by atomic mass is 32.2. The van der Waals surface area contributed by atoms with E-state index in [0.717, 1.165) is 12.0 Å². The van der Waals surface area contributed by atoms with Crippen molar-refractivity contribution in [1.82, 2.24) is 9.21 Å². The second-order valence-electron chi connectivity index (χ2n) is 8.35. The number of hydrogen-bond acceptors (Lipinski definition) is 6. The van der Waals surface area contributed by atoms with Gasteiger partial charge in [-0.25, -0.2) is 8.42 Å². The van der Waals surface area contributed by atoms with Crippen molar-refractivity contribution in [3.8, 4) is 5.75 Å². The highest BCUT2D eigenvalue weighted by Gasteiger charge is 2.34. The zero-order valence-electron chi connectivity index (χ0n) is 19.1. The number of hydrogen-bond donors (Lipinski definition) is 1. The molecule has 2 fully saturated rings. The number of anilines is 1. The number of nitrogens with one attached hydrogen (secondary N) is 1. The lowest BCUT2D eigenvalue weighted by Gasteiger charge is -2.27. The van der Waals surface area contributed by atoms with Crippen molar-refractivity contribution in [3.63, 3.8) is 0 Å². The molecule has 0 bridgehead atoms. The average Bonchev–Trinajstić information content (AvgIpc) is 3.24. The molecule has 2 saturated heterocycles. The number of carbonyl (C=O) groups excluding carboxylic acids is 2. The Hall–Kier alpha value is -2.95. The summed E-state index contributed by atoms with van der Waals surface area (Å²) in [7, 11) is -2.42. The van der Waals surface area contributed by atoms with Gasteiger partial charge in [-0.2, -0.15) is 4.31 Å². The number of carbonyl (C=O) groups is 2. The lowest BCUT2D eigenvalue weighted by atomic mass is 10.1. The van der Waals surface area contributed by atoms with Crippen LogP contribution in [0.2, 0.25) is 0 Å². The maximum absolute atomic E-state index is 13.2. The monoisotopic (exact) mass is 487 g/mol. The first kappa shape index (κ1) is 24.2. The molecular weight excluding hydrogens is 458 g/mol. The molecule has 0 unspecified atom stereocenters. The van der Waals surface area contributed by atoms with Gasteiger partial charge in [-0.1, -0.05) is 30.3 Å². The van der Waals surface area contributed by atoms with Crippen molar-refractivity contribution in [1.29, 1.82) is 0 Å². The molecule has 10 heteroatoms. The zero-order valence-corrected chi connectivity index (χ0v) is 19.9. The Morgan fingerprint density at radius 1 is 1.15 bits per heavy atom. The Morgan fingerprint density at radius 3 is 2.59 bits per heavy atom. The normalized spacial score (nSPS) is 19.3. The highest BCUT2D eigenvalue weighted by Crippen LogP contribution is 2.31. The van der Waals surface area contributed by atoms with Gasteiger partial charge >= 0.3 is 0 Å². The summed E-state index contributed by atoms with van der Waals surface area (Å²) >= 11 is 0. The number of nitrogens with zero attached hydrogens (tertiary/aromatic N) is 2. The predicted molar refractivity (Wildman–Crippen MR) is 126 cm³/mol. The average molecular weight is 488 g/mol. The van der Waals surface area contributed by atoms with Crippen LogP contribution in [-0.4, -0.2) is 75.9 Å². The molecule has 2 aromatic rings. The fourth-order valence-corrected chi connectivity index (χ4v) is 5.79. The van der Waals surface area contributed by atoms with Crippen LogP contribution in [-0.2, 0) is 30.8 Å². The maximum atomic E-state index is 13.2. The van der Waals surface area contributed by atoms with Gasteiger partial charge < -0.3 is 19.7 Å². The Morgan fingerprint density at radius 2 is 1.88 bits per heavy atom. The number of benzene rings is 2. The third-order valence-electron chi connectivity index (χ3n) is 6.12. The van der Waals surface area contributed by atoms with Crippen LogP contribution >= 0.6 is 0 Å². The summed E-state index contributed by atoms with van der Waals surface area (Å²) in [6, 6.07) is 14.4. The predicted octanol–water partition coefficient (Wildman–Crippen LogP) is 1.75. The lowest BCUT2D eigenvalue weighted by Crippen LogP contribution is -2.40. The van der Waals surface area contributed by atoms with Crippen LogP contribution < -0.4 is 10.1 Å². The van der Waals surface area contributed by atoms with Crippen molar-refractivity contribution < 1.29 is 27.5 Å². The van der Waals surface area contributed by atoms with E-state index in [9.17, 15) is 18.0 Å². The van der Waals surface area contributed by atoms with Crippen LogP contribution in [0.15, 0.2) is 53.4 Å². The van der Waals surface area contributed by atoms with Crippen molar-refractivity contribution in [2.24, 2.45) is 5.92 Å². The van der Waals surface area contributed by atoms with Gasteiger partial charge in [0.15, 0.2) is 0 Å². The summed E-state index contributed by atoms with van der Waals surface area (Å²) in [6.07, 6.45) is 0.859. The Kier molecular flexibility index (Phi) is 7.50. The van der Waals surface area contributed by atoms with Gasteiger partial charge in [0.25, 0.3) is 0 Å². The second-order valence-corrected chi connectivity index (χ2v) is 10.3. The molecule has 2 aliphatic rings. The summed E-state index contributed by atoms with van der Waals surface area (Å²) in [5.41, 5.74) is 1.48. The molecule has 1 atom stereocenters. The van der Waals surface area contributed by atoms with E-state index in [1.54, 1.807) is 11.0 Å². The van der Waals surface area contributed by atoms with Crippen LogP contribution in [0.3, 0.4) is 0 Å². The van der Waals surface area contributed by atoms with Gasteiger partial charge in [-0.3, -0.25) is 9.59 Å². The van der Waals surface area contributed by atoms with Gasteiger partial charge in [0, 0.05) is 38.3 Å². The maximum Gasteiger partial charge on any atom is 0.246 e. The van der Waals surface area contributed by atoms with E-state index >= 15 is 0 Å². The number of rotatable bonds is 8. The first-order valence-corrected chi connectivity index (χ1v) is 12.7. The van der Waals surface area contributed by atoms with Crippen LogP contribution in [0.5, 0.6) is 5.75 Å². The van der Waals surface area contributed by atoms with Gasteiger partial charge in [0.1, 0.15) is 10.6 Å². The number of likely N-dealkylation sites (tertiary alicyclic amines) is 1. The molecule has 2 aliphatic heterocycles. The lowest BCUT2D eigenvalue weighted by molar-refractivity contribution is -0.128. The van der Waals surface area contributed by atoms with Crippen molar-refractivity contribution in [3.05, 3.63) is 54.1 Å². The minimum absolute atomic E-state index is 0.0123. The van der Waals surface area contributed by atoms with Gasteiger partial charge in [0.2, 0.25) is 21.8 Å². The first-order valence-electron chi connectivity index (χ1n) is 11.3. The molecule has 1 N–H and O–H groups in total. The minimum Gasteiger partial charge on any atom is -0.495 e. The van der Waals surface area contributed by atoms with Crippen molar-refractivity contribution in [2.45, 2.75) is 17.7 Å². The highest BCUT2D eigenvalue weighted by molar-refractivity contribution is 7.89. The molecule has 2 heterocycles. The quantitative estimate of drug-likeness (QED) is 0.608. The molecule has 2 aromatic carbocycles. The van der Waals surface area contributed by atoms with Crippen LogP contribution in [0.1, 0.15) is 12.0 Å². The fourth-order valence-electron chi connectivity index (χ4n) is 4.20. The molecule has 4 rings (SSSR count). The summed E-state index contributed by atoms with van der Waals surface area (Å²) < 4.78 is 38.2. The molecule has 182 valence electrons. The largest absolute Gasteiger partial charge is 0.495 e. The number of morpholine rings is 1. The number of methoxy groups -OCH3 is 1. The van der Waals surface area contributed by atoms with Crippen molar-refractivity contribution >= 4 is 27.5 Å². The van der Waals surface area contributed by atoms with E-state index in [2.05, 4.69) is 5.32 Å². The van der Waals surface area contributed by atoms with Gasteiger partial charge in [0.05, 0.1) is 26.2 Å². The minimum atomic E-state index is -3.82. The van der Waals surface area contributed by atoms with Gasteiger partial charge in [-0.15, -0.1) is 0 Å². The molecule has 34 heavy (non-hydrogen) atoms. The summed E-state index contributed by atoms with van der Waals surface area (Å²) in [5, 5.41) is 2.78. The third kappa shape index (κ3) is 5.40. The Labute approximate surface area is 199 Å². The molecule has 0 aliphatic carbocycles. The van der Waals surface area contributed by atoms with Crippen molar-refractivity contribution in [2.75, 3.05) is 51.8 Å². The van der Waals surface area contributed by atoms with Gasteiger partial charge in [-0.05, 0) is 30.2 Å². The Balaban J connectivity index is 1.42. The van der Waals surface area contributed by atoms with Crippen LogP contribution in [0.25, 0.3) is 0 Å². The molecule has 0 radical (unpaired) electrons. The molecule has 9 nitrogen and oxygen atoms in total.